The zero-order chi connectivity index (χ0) is 13.1. The molecule has 0 saturated carbocycles. The number of ether oxygens (including phenoxy) is 1. The zero-order valence-corrected chi connectivity index (χ0v) is 12.4. The van der Waals surface area contributed by atoms with Crippen LogP contribution >= 0.6 is 11.3 Å². The molecule has 2 saturated heterocycles. The Morgan fingerprint density at radius 2 is 2.32 bits per heavy atom. The fraction of sp³-hybridized carbons (Fsp3) is 0.786. The van der Waals surface area contributed by atoms with Gasteiger partial charge in [-0.2, -0.15) is 0 Å². The van der Waals surface area contributed by atoms with Crippen LogP contribution in [0.3, 0.4) is 0 Å². The van der Waals surface area contributed by atoms with Gasteiger partial charge in [-0.05, 0) is 32.6 Å². The van der Waals surface area contributed by atoms with Gasteiger partial charge in [0.1, 0.15) is 0 Å². The predicted molar refractivity (Wildman–Crippen MR) is 78.9 cm³/mol. The molecule has 1 aromatic rings. The molecule has 0 spiro atoms. The highest BCUT2D eigenvalue weighted by molar-refractivity contribution is 7.13. The van der Waals surface area contributed by atoms with Gasteiger partial charge in [0.15, 0.2) is 5.13 Å². The smallest absolute Gasteiger partial charge is 0.185 e. The second-order valence-electron chi connectivity index (χ2n) is 5.94. The third kappa shape index (κ3) is 3.27. The van der Waals surface area contributed by atoms with Crippen molar-refractivity contribution in [1.82, 2.24) is 10.3 Å². The molecule has 1 atom stereocenters. The van der Waals surface area contributed by atoms with Gasteiger partial charge in [-0.3, -0.25) is 0 Å². The summed E-state index contributed by atoms with van der Waals surface area (Å²) in [6.45, 7) is 6.32. The van der Waals surface area contributed by atoms with Crippen LogP contribution in [0.1, 0.15) is 32.6 Å². The Morgan fingerprint density at radius 3 is 2.95 bits per heavy atom. The average molecular weight is 281 g/mol. The molecule has 2 aliphatic rings. The number of nitrogens with zero attached hydrogens (tertiary/aromatic N) is 2. The fourth-order valence-electron chi connectivity index (χ4n) is 3.13. The molecule has 3 heterocycles. The standard InChI is InChI=1S/C14H23N3OS/c1-14(5-2-9-18-11-14)16-12-3-7-17(8-4-12)13-15-6-10-19-13/h6,10,12,16H,2-5,7-9,11H2,1H3/t14-/m1/s1. The quantitative estimate of drug-likeness (QED) is 0.922. The third-order valence-electron chi connectivity index (χ3n) is 4.18. The number of hydrogen-bond acceptors (Lipinski definition) is 5. The van der Waals surface area contributed by atoms with Gasteiger partial charge in [-0.25, -0.2) is 4.98 Å². The second kappa shape index (κ2) is 5.77. The number of thiazole rings is 1. The molecule has 0 bridgehead atoms. The van der Waals surface area contributed by atoms with Crippen LogP contribution in [0.5, 0.6) is 0 Å². The van der Waals surface area contributed by atoms with E-state index in [1.165, 1.54) is 30.8 Å². The number of anilines is 1. The maximum Gasteiger partial charge on any atom is 0.185 e. The maximum atomic E-state index is 5.63. The first-order valence-electron chi connectivity index (χ1n) is 7.25. The Labute approximate surface area is 119 Å². The van der Waals surface area contributed by atoms with E-state index in [1.54, 1.807) is 11.3 Å². The van der Waals surface area contributed by atoms with Gasteiger partial charge in [0.2, 0.25) is 0 Å². The fourth-order valence-corrected chi connectivity index (χ4v) is 3.82. The van der Waals surface area contributed by atoms with Gasteiger partial charge in [0.25, 0.3) is 0 Å². The summed E-state index contributed by atoms with van der Waals surface area (Å²) >= 11 is 1.74. The molecule has 3 rings (SSSR count). The Bertz CT molecular complexity index is 381. The van der Waals surface area contributed by atoms with Crippen LogP contribution in [-0.4, -0.2) is 42.9 Å². The number of piperidine rings is 1. The summed E-state index contributed by atoms with van der Waals surface area (Å²) in [6.07, 6.45) is 6.72. The minimum absolute atomic E-state index is 0.187. The molecule has 106 valence electrons. The molecular formula is C14H23N3OS. The molecule has 0 aliphatic carbocycles. The van der Waals surface area contributed by atoms with Crippen LogP contribution in [-0.2, 0) is 4.74 Å². The Morgan fingerprint density at radius 1 is 1.47 bits per heavy atom. The van der Waals surface area contributed by atoms with Crippen LogP contribution in [0.25, 0.3) is 0 Å². The summed E-state index contributed by atoms with van der Waals surface area (Å²) in [5.74, 6) is 0. The molecule has 0 aromatic carbocycles. The molecule has 2 fully saturated rings. The van der Waals surface area contributed by atoms with E-state index >= 15 is 0 Å². The Balaban J connectivity index is 1.50. The molecule has 5 heteroatoms. The molecule has 0 radical (unpaired) electrons. The first kappa shape index (κ1) is 13.3. The molecule has 2 aliphatic heterocycles. The largest absolute Gasteiger partial charge is 0.380 e. The van der Waals surface area contributed by atoms with Gasteiger partial charge in [-0.15, -0.1) is 11.3 Å². The first-order valence-corrected chi connectivity index (χ1v) is 8.13. The van der Waals surface area contributed by atoms with Gasteiger partial charge in [-0.1, -0.05) is 0 Å². The summed E-state index contributed by atoms with van der Waals surface area (Å²) in [5.41, 5.74) is 0.187. The van der Waals surface area contributed by atoms with Crippen molar-refractivity contribution < 1.29 is 4.74 Å². The first-order chi connectivity index (χ1) is 9.25. The van der Waals surface area contributed by atoms with Crippen molar-refractivity contribution in [2.45, 2.75) is 44.2 Å². The number of hydrogen-bond donors (Lipinski definition) is 1. The zero-order valence-electron chi connectivity index (χ0n) is 11.6. The number of rotatable bonds is 3. The molecule has 1 N–H and O–H groups in total. The molecule has 1 aromatic heterocycles. The van der Waals surface area contributed by atoms with Crippen LogP contribution in [0.4, 0.5) is 5.13 Å². The summed E-state index contributed by atoms with van der Waals surface area (Å²) in [4.78, 5) is 6.80. The Kier molecular flexibility index (Phi) is 4.05. The van der Waals surface area contributed by atoms with Gasteiger partial charge < -0.3 is 15.0 Å². The minimum Gasteiger partial charge on any atom is -0.380 e. The van der Waals surface area contributed by atoms with Crippen molar-refractivity contribution in [2.24, 2.45) is 0 Å². The summed E-state index contributed by atoms with van der Waals surface area (Å²) in [5, 5.41) is 7.06. The normalized spacial score (nSPS) is 29.6. The van der Waals surface area contributed by atoms with E-state index in [-0.39, 0.29) is 5.54 Å². The predicted octanol–water partition coefficient (Wildman–Crippen LogP) is 2.27. The highest BCUT2D eigenvalue weighted by Crippen LogP contribution is 2.25. The topological polar surface area (TPSA) is 37.4 Å². The van der Waals surface area contributed by atoms with Crippen molar-refractivity contribution >= 4 is 16.5 Å². The Hall–Kier alpha value is -0.650. The summed E-state index contributed by atoms with van der Waals surface area (Å²) in [7, 11) is 0. The van der Waals surface area contributed by atoms with Crippen molar-refractivity contribution in [3.05, 3.63) is 11.6 Å². The summed E-state index contributed by atoms with van der Waals surface area (Å²) in [6, 6.07) is 0.628. The second-order valence-corrected chi connectivity index (χ2v) is 6.81. The van der Waals surface area contributed by atoms with Gasteiger partial charge >= 0.3 is 0 Å². The SMILES string of the molecule is C[C@@]1(NC2CCN(c3nccs3)CC2)CCCOC1. The van der Waals surface area contributed by atoms with Crippen LogP contribution < -0.4 is 10.2 Å². The highest BCUT2D eigenvalue weighted by Gasteiger charge is 2.31. The van der Waals surface area contributed by atoms with Crippen molar-refractivity contribution in [2.75, 3.05) is 31.2 Å². The molecule has 19 heavy (non-hydrogen) atoms. The van der Waals surface area contributed by atoms with Gasteiger partial charge in [0, 0.05) is 42.9 Å². The lowest BCUT2D eigenvalue weighted by Gasteiger charge is -2.41. The van der Waals surface area contributed by atoms with Gasteiger partial charge in [0.05, 0.1) is 6.61 Å². The molecule has 0 amide bonds. The maximum absolute atomic E-state index is 5.63. The van der Waals surface area contributed by atoms with Crippen molar-refractivity contribution in [1.29, 1.82) is 0 Å². The van der Waals surface area contributed by atoms with Crippen LogP contribution in [0.2, 0.25) is 0 Å². The van der Waals surface area contributed by atoms with E-state index in [4.69, 9.17) is 4.74 Å². The lowest BCUT2D eigenvalue weighted by atomic mass is 9.92. The lowest BCUT2D eigenvalue weighted by molar-refractivity contribution is 0.0216. The highest BCUT2D eigenvalue weighted by atomic mass is 32.1. The van der Waals surface area contributed by atoms with Crippen LogP contribution in [0, 0.1) is 0 Å². The number of nitrogens with one attached hydrogen (secondary N) is 1. The lowest BCUT2D eigenvalue weighted by Crippen LogP contribution is -2.55. The van der Waals surface area contributed by atoms with Crippen molar-refractivity contribution in [3.63, 3.8) is 0 Å². The van der Waals surface area contributed by atoms with E-state index in [2.05, 4.69) is 27.5 Å². The number of aromatic nitrogens is 1. The van der Waals surface area contributed by atoms with E-state index in [0.717, 1.165) is 26.3 Å². The third-order valence-corrected chi connectivity index (χ3v) is 5.01. The monoisotopic (exact) mass is 281 g/mol. The molecule has 4 nitrogen and oxygen atoms in total. The van der Waals surface area contributed by atoms with E-state index in [0.29, 0.717) is 6.04 Å². The minimum atomic E-state index is 0.187. The van der Waals surface area contributed by atoms with Crippen molar-refractivity contribution in [3.8, 4) is 0 Å². The van der Waals surface area contributed by atoms with E-state index in [9.17, 15) is 0 Å². The molecular weight excluding hydrogens is 258 g/mol. The van der Waals surface area contributed by atoms with E-state index in [1.807, 2.05) is 6.20 Å². The van der Waals surface area contributed by atoms with Crippen LogP contribution in [0.15, 0.2) is 11.6 Å². The summed E-state index contributed by atoms with van der Waals surface area (Å²) < 4.78 is 5.63. The average Bonchev–Trinajstić information content (AvgIpc) is 2.94. The molecule has 0 unspecified atom stereocenters. The van der Waals surface area contributed by atoms with E-state index < -0.39 is 0 Å².